The number of carbonyl (C=O) groups excluding carboxylic acids is 2. The highest BCUT2D eigenvalue weighted by Gasteiger charge is 2.39. The Balaban J connectivity index is 2.50. The van der Waals surface area contributed by atoms with Gasteiger partial charge in [-0.05, 0) is 26.7 Å². The minimum Gasteiger partial charge on any atom is -0.298 e. The van der Waals surface area contributed by atoms with E-state index in [2.05, 4.69) is 13.2 Å². The van der Waals surface area contributed by atoms with E-state index in [0.29, 0.717) is 12.8 Å². The maximum absolute atomic E-state index is 12.0. The van der Waals surface area contributed by atoms with Crippen molar-refractivity contribution < 1.29 is 29.1 Å². The normalized spacial score (nSPS) is 21.0. The van der Waals surface area contributed by atoms with Crippen LogP contribution in [0.25, 0.3) is 0 Å². The maximum Gasteiger partial charge on any atom is 0.346 e. The molecule has 0 aliphatic heterocycles. The summed E-state index contributed by atoms with van der Waals surface area (Å²) in [6.07, 6.45) is 2.85. The van der Waals surface area contributed by atoms with Gasteiger partial charge in [0.05, 0.1) is 11.8 Å². The fourth-order valence-electron chi connectivity index (χ4n) is 2.19. The summed E-state index contributed by atoms with van der Waals surface area (Å²) < 4.78 is 0. The highest BCUT2D eigenvalue weighted by atomic mass is 17.2. The predicted octanol–water partition coefficient (Wildman–Crippen LogP) is 2.89. The van der Waals surface area contributed by atoms with Crippen LogP contribution in [0.2, 0.25) is 0 Å². The highest BCUT2D eigenvalue weighted by Crippen LogP contribution is 2.32. The summed E-state index contributed by atoms with van der Waals surface area (Å²) in [5.74, 6) is -2.25. The van der Waals surface area contributed by atoms with Gasteiger partial charge in [-0.3, -0.25) is 9.78 Å². The molecule has 1 aliphatic rings. The first-order valence-corrected chi connectivity index (χ1v) is 7.37. The Morgan fingerprint density at radius 2 is 1.23 bits per heavy atom. The predicted molar refractivity (Wildman–Crippen MR) is 79.2 cm³/mol. The van der Waals surface area contributed by atoms with E-state index in [9.17, 15) is 9.59 Å². The molecule has 0 bridgehead atoms. The van der Waals surface area contributed by atoms with Gasteiger partial charge in [-0.2, -0.15) is 9.78 Å². The lowest BCUT2D eigenvalue weighted by Gasteiger charge is -2.26. The van der Waals surface area contributed by atoms with Crippen molar-refractivity contribution in [2.24, 2.45) is 11.8 Å². The molecule has 1 fully saturated rings. The molecule has 6 nitrogen and oxygen atoms in total. The van der Waals surface area contributed by atoms with Crippen molar-refractivity contribution in [3.8, 4) is 0 Å². The molecule has 2 atom stereocenters. The Hall–Kier alpha value is -1.66. The lowest BCUT2D eigenvalue weighted by Crippen LogP contribution is -2.35. The van der Waals surface area contributed by atoms with Crippen LogP contribution in [-0.2, 0) is 29.1 Å². The first kappa shape index (κ1) is 18.4. The fourth-order valence-corrected chi connectivity index (χ4v) is 2.19. The van der Waals surface area contributed by atoms with Gasteiger partial charge in [-0.25, -0.2) is 9.59 Å². The van der Waals surface area contributed by atoms with Crippen molar-refractivity contribution in [3.63, 3.8) is 0 Å². The van der Waals surface area contributed by atoms with Gasteiger partial charge >= 0.3 is 11.9 Å². The average molecular weight is 312 g/mol. The summed E-state index contributed by atoms with van der Waals surface area (Å²) in [7, 11) is 0. The van der Waals surface area contributed by atoms with Crippen LogP contribution in [0, 0.1) is 11.8 Å². The third-order valence-corrected chi connectivity index (χ3v) is 3.26. The Morgan fingerprint density at radius 3 is 1.55 bits per heavy atom. The minimum absolute atomic E-state index is 0.134. The molecule has 0 radical (unpaired) electrons. The molecular formula is C16H24O6. The molecule has 0 N–H and O–H groups in total. The van der Waals surface area contributed by atoms with Crippen molar-refractivity contribution in [1.82, 2.24) is 0 Å². The fraction of sp³-hybridized carbons (Fsp3) is 0.625. The van der Waals surface area contributed by atoms with Gasteiger partial charge < -0.3 is 0 Å². The third kappa shape index (κ3) is 6.41. The van der Waals surface area contributed by atoms with E-state index in [4.69, 9.17) is 19.6 Å². The van der Waals surface area contributed by atoms with Crippen molar-refractivity contribution >= 4 is 11.9 Å². The lowest BCUT2D eigenvalue weighted by atomic mass is 9.79. The topological polar surface area (TPSA) is 71.1 Å². The van der Waals surface area contributed by atoms with E-state index in [1.54, 1.807) is 13.8 Å². The third-order valence-electron chi connectivity index (χ3n) is 3.26. The summed E-state index contributed by atoms with van der Waals surface area (Å²) in [5.41, 5.74) is 1.47. The van der Waals surface area contributed by atoms with Crippen LogP contribution < -0.4 is 0 Å². The van der Waals surface area contributed by atoms with Gasteiger partial charge in [0.15, 0.2) is 0 Å². The Morgan fingerprint density at radius 1 is 0.864 bits per heavy atom. The summed E-state index contributed by atoms with van der Waals surface area (Å²) in [6, 6.07) is 0. The molecule has 0 aromatic heterocycles. The zero-order chi connectivity index (χ0) is 16.5. The first-order valence-electron chi connectivity index (χ1n) is 7.37. The molecule has 1 aliphatic carbocycles. The highest BCUT2D eigenvalue weighted by molar-refractivity contribution is 5.81. The van der Waals surface area contributed by atoms with Crippen LogP contribution in [-0.4, -0.2) is 25.2 Å². The van der Waals surface area contributed by atoms with Crippen molar-refractivity contribution in [2.45, 2.75) is 39.5 Å². The van der Waals surface area contributed by atoms with Crippen LogP contribution >= 0.6 is 0 Å². The Labute approximate surface area is 130 Å². The van der Waals surface area contributed by atoms with Gasteiger partial charge in [-0.1, -0.05) is 37.1 Å². The Bertz CT molecular complexity index is 388. The summed E-state index contributed by atoms with van der Waals surface area (Å²) in [6.45, 7) is 11.1. The number of hydrogen-bond donors (Lipinski definition) is 0. The molecule has 2 unspecified atom stereocenters. The molecule has 0 saturated heterocycles. The van der Waals surface area contributed by atoms with Crippen LogP contribution in [0.5, 0.6) is 0 Å². The van der Waals surface area contributed by atoms with E-state index in [-0.39, 0.29) is 13.2 Å². The second-order valence-electron chi connectivity index (χ2n) is 5.74. The quantitative estimate of drug-likeness (QED) is 0.390. The SMILES string of the molecule is C=C(C)COOC(=O)C1CCCCC1C(=O)OOCC(=C)C. The average Bonchev–Trinajstić information content (AvgIpc) is 2.46. The molecule has 0 amide bonds. The molecule has 0 spiro atoms. The zero-order valence-electron chi connectivity index (χ0n) is 13.3. The van der Waals surface area contributed by atoms with E-state index in [0.717, 1.165) is 24.0 Å². The van der Waals surface area contributed by atoms with Gasteiger partial charge in [0.1, 0.15) is 13.2 Å². The summed E-state index contributed by atoms with van der Waals surface area (Å²) >= 11 is 0. The minimum atomic E-state index is -0.570. The van der Waals surface area contributed by atoms with Crippen molar-refractivity contribution in [2.75, 3.05) is 13.2 Å². The van der Waals surface area contributed by atoms with E-state index in [1.807, 2.05) is 0 Å². The lowest BCUT2D eigenvalue weighted by molar-refractivity contribution is -0.281. The standard InChI is InChI=1S/C16H24O6/c1-11(2)9-19-21-15(17)13-7-5-6-8-14(13)16(18)22-20-10-12(3)4/h13-14H,1,3,5-10H2,2,4H3. The smallest absolute Gasteiger partial charge is 0.298 e. The van der Waals surface area contributed by atoms with E-state index in [1.165, 1.54) is 0 Å². The number of carbonyl (C=O) groups is 2. The van der Waals surface area contributed by atoms with Gasteiger partial charge in [0, 0.05) is 0 Å². The van der Waals surface area contributed by atoms with Crippen molar-refractivity contribution in [1.29, 1.82) is 0 Å². The first-order chi connectivity index (χ1) is 10.4. The summed E-state index contributed by atoms with van der Waals surface area (Å²) in [5, 5.41) is 0. The van der Waals surface area contributed by atoms with Crippen LogP contribution in [0.15, 0.2) is 24.3 Å². The largest absolute Gasteiger partial charge is 0.346 e. The molecule has 1 rings (SSSR count). The number of rotatable bonds is 8. The molecule has 22 heavy (non-hydrogen) atoms. The van der Waals surface area contributed by atoms with Gasteiger partial charge in [0.2, 0.25) is 0 Å². The maximum atomic E-state index is 12.0. The van der Waals surface area contributed by atoms with E-state index >= 15 is 0 Å². The van der Waals surface area contributed by atoms with Crippen LogP contribution in [0.1, 0.15) is 39.5 Å². The van der Waals surface area contributed by atoms with Crippen molar-refractivity contribution in [3.05, 3.63) is 24.3 Å². The van der Waals surface area contributed by atoms with Crippen LogP contribution in [0.4, 0.5) is 0 Å². The second-order valence-corrected chi connectivity index (χ2v) is 5.74. The zero-order valence-corrected chi connectivity index (χ0v) is 13.3. The van der Waals surface area contributed by atoms with Gasteiger partial charge in [-0.15, -0.1) is 0 Å². The molecule has 1 saturated carbocycles. The molecule has 6 heteroatoms. The van der Waals surface area contributed by atoms with E-state index < -0.39 is 23.8 Å². The second kappa shape index (κ2) is 9.38. The summed E-state index contributed by atoms with van der Waals surface area (Å²) in [4.78, 5) is 43.2. The Kier molecular flexibility index (Phi) is 7.84. The van der Waals surface area contributed by atoms with Gasteiger partial charge in [0.25, 0.3) is 0 Å². The molecular weight excluding hydrogens is 288 g/mol. The molecule has 0 aromatic carbocycles. The molecule has 124 valence electrons. The molecule has 0 aromatic rings. The molecule has 0 heterocycles. The monoisotopic (exact) mass is 312 g/mol. The number of hydrogen-bond acceptors (Lipinski definition) is 6. The van der Waals surface area contributed by atoms with Crippen LogP contribution in [0.3, 0.4) is 0 Å².